The molecule has 0 aliphatic heterocycles. The van der Waals surface area contributed by atoms with Crippen molar-refractivity contribution < 1.29 is 29.2 Å². The number of phenols is 3. The molecule has 0 spiro atoms. The van der Waals surface area contributed by atoms with E-state index in [4.69, 9.17) is 13.9 Å². The Balaban J connectivity index is 2.56. The summed E-state index contributed by atoms with van der Waals surface area (Å²) in [5, 5.41) is 29.6. The lowest BCUT2D eigenvalue weighted by molar-refractivity contribution is 0.346. The fourth-order valence-electron chi connectivity index (χ4n) is 2.36. The average Bonchev–Trinajstić information content (AvgIpc) is 2.46. The molecule has 0 unspecified atom stereocenters. The first-order chi connectivity index (χ1) is 10.5. The molecule has 3 rings (SSSR count). The van der Waals surface area contributed by atoms with Gasteiger partial charge < -0.3 is 29.2 Å². The zero-order chi connectivity index (χ0) is 16.0. The smallest absolute Gasteiger partial charge is 0.208 e. The Kier molecular flexibility index (Phi) is 2.98. The minimum Gasteiger partial charge on any atom is -0.507 e. The number of rotatable bonds is 2. The van der Waals surface area contributed by atoms with Gasteiger partial charge in [0, 0.05) is 18.2 Å². The van der Waals surface area contributed by atoms with Gasteiger partial charge in [0.15, 0.2) is 11.5 Å². The summed E-state index contributed by atoms with van der Waals surface area (Å²) >= 11 is 0. The van der Waals surface area contributed by atoms with Gasteiger partial charge in [0.2, 0.25) is 11.2 Å². The molecule has 3 aromatic rings. The molecule has 0 fully saturated rings. The number of hydrogen-bond acceptors (Lipinski definition) is 7. The van der Waals surface area contributed by atoms with Crippen LogP contribution in [0.1, 0.15) is 0 Å². The van der Waals surface area contributed by atoms with Gasteiger partial charge in [0.1, 0.15) is 33.4 Å². The second-order valence-electron chi connectivity index (χ2n) is 4.60. The molecule has 0 aliphatic rings. The van der Waals surface area contributed by atoms with Crippen LogP contribution in [-0.2, 0) is 0 Å². The Morgan fingerprint density at radius 2 is 1.59 bits per heavy atom. The molecule has 22 heavy (non-hydrogen) atoms. The molecule has 1 aromatic heterocycles. The largest absolute Gasteiger partial charge is 0.507 e. The van der Waals surface area contributed by atoms with E-state index in [-0.39, 0.29) is 39.2 Å². The maximum Gasteiger partial charge on any atom is 0.208 e. The number of methoxy groups -OCH3 is 2. The van der Waals surface area contributed by atoms with E-state index in [0.717, 1.165) is 6.07 Å². The van der Waals surface area contributed by atoms with Gasteiger partial charge in [-0.05, 0) is 0 Å². The maximum absolute atomic E-state index is 12.6. The number of hydrogen-bond donors (Lipinski definition) is 3. The molecule has 1 heterocycles. The number of aromatic hydroxyl groups is 3. The molecule has 0 bridgehead atoms. The van der Waals surface area contributed by atoms with E-state index in [1.54, 1.807) is 0 Å². The summed E-state index contributed by atoms with van der Waals surface area (Å²) < 4.78 is 15.3. The van der Waals surface area contributed by atoms with Crippen LogP contribution in [0.15, 0.2) is 27.4 Å². The standard InChI is InChI=1S/C15H12O7/c1-20-6-3-7(16)11-9(4-6)22-10-5-8(17)15(21-2)14(19)12(10)13(11)18/h3-5,16-17,19H,1-2H3. The zero-order valence-electron chi connectivity index (χ0n) is 11.7. The predicted molar refractivity (Wildman–Crippen MR) is 78.1 cm³/mol. The Morgan fingerprint density at radius 3 is 2.23 bits per heavy atom. The molecule has 0 saturated carbocycles. The molecule has 2 aromatic carbocycles. The summed E-state index contributed by atoms with van der Waals surface area (Å²) in [6.07, 6.45) is 0. The third kappa shape index (κ3) is 1.79. The zero-order valence-corrected chi connectivity index (χ0v) is 11.7. The van der Waals surface area contributed by atoms with Crippen LogP contribution in [0.25, 0.3) is 21.9 Å². The SMILES string of the molecule is COc1cc(O)c2c(=O)c3c(O)c(OC)c(O)cc3oc2c1. The van der Waals surface area contributed by atoms with Crippen molar-refractivity contribution in [3.8, 4) is 28.7 Å². The molecule has 0 amide bonds. The third-order valence-electron chi connectivity index (χ3n) is 3.37. The van der Waals surface area contributed by atoms with E-state index < -0.39 is 11.2 Å². The van der Waals surface area contributed by atoms with E-state index in [9.17, 15) is 20.1 Å². The molecule has 0 radical (unpaired) electrons. The van der Waals surface area contributed by atoms with Crippen molar-refractivity contribution in [2.75, 3.05) is 14.2 Å². The van der Waals surface area contributed by atoms with Crippen LogP contribution in [-0.4, -0.2) is 29.5 Å². The van der Waals surface area contributed by atoms with Crippen molar-refractivity contribution in [1.29, 1.82) is 0 Å². The number of benzene rings is 2. The van der Waals surface area contributed by atoms with E-state index >= 15 is 0 Å². The van der Waals surface area contributed by atoms with Crippen LogP contribution in [0, 0.1) is 0 Å². The first-order valence-electron chi connectivity index (χ1n) is 6.24. The van der Waals surface area contributed by atoms with Crippen molar-refractivity contribution in [1.82, 2.24) is 0 Å². The summed E-state index contributed by atoms with van der Waals surface area (Å²) in [5.74, 6) is -1.21. The lowest BCUT2D eigenvalue weighted by Crippen LogP contribution is -2.04. The Labute approximate surface area is 123 Å². The fourth-order valence-corrected chi connectivity index (χ4v) is 2.36. The highest BCUT2D eigenvalue weighted by atomic mass is 16.5. The van der Waals surface area contributed by atoms with Crippen molar-refractivity contribution in [3.63, 3.8) is 0 Å². The highest BCUT2D eigenvalue weighted by Crippen LogP contribution is 2.42. The minimum absolute atomic E-state index is 0.0408. The molecule has 0 aliphatic carbocycles. The van der Waals surface area contributed by atoms with Crippen LogP contribution < -0.4 is 14.9 Å². The molecule has 114 valence electrons. The van der Waals surface area contributed by atoms with Gasteiger partial charge in [-0.15, -0.1) is 0 Å². The van der Waals surface area contributed by atoms with Gasteiger partial charge in [0.05, 0.1) is 14.2 Å². The average molecular weight is 304 g/mol. The monoisotopic (exact) mass is 304 g/mol. The Morgan fingerprint density at radius 1 is 0.909 bits per heavy atom. The van der Waals surface area contributed by atoms with E-state index in [2.05, 4.69) is 0 Å². The summed E-state index contributed by atoms with van der Waals surface area (Å²) in [4.78, 5) is 12.6. The molecule has 3 N–H and O–H groups in total. The molecule has 7 heteroatoms. The van der Waals surface area contributed by atoms with Crippen molar-refractivity contribution in [2.45, 2.75) is 0 Å². The van der Waals surface area contributed by atoms with Crippen LogP contribution in [0.2, 0.25) is 0 Å². The second-order valence-corrected chi connectivity index (χ2v) is 4.60. The van der Waals surface area contributed by atoms with Crippen LogP contribution in [0.5, 0.6) is 28.7 Å². The first-order valence-corrected chi connectivity index (χ1v) is 6.24. The summed E-state index contributed by atoms with van der Waals surface area (Å²) in [5.41, 5.74) is -0.619. The lowest BCUT2D eigenvalue weighted by atomic mass is 10.1. The number of phenolic OH excluding ortho intramolecular Hbond substituents is 3. The van der Waals surface area contributed by atoms with Crippen molar-refractivity contribution in [2.24, 2.45) is 0 Å². The normalized spacial score (nSPS) is 11.0. The number of fused-ring (bicyclic) bond motifs is 2. The van der Waals surface area contributed by atoms with Crippen LogP contribution in [0.3, 0.4) is 0 Å². The van der Waals surface area contributed by atoms with Crippen molar-refractivity contribution >= 4 is 21.9 Å². The first kappa shape index (κ1) is 13.9. The maximum atomic E-state index is 12.6. The topological polar surface area (TPSA) is 109 Å². The van der Waals surface area contributed by atoms with Crippen LogP contribution >= 0.6 is 0 Å². The summed E-state index contributed by atoms with van der Waals surface area (Å²) in [6, 6.07) is 3.85. The van der Waals surface area contributed by atoms with Gasteiger partial charge in [0.25, 0.3) is 0 Å². The Hall–Kier alpha value is -3.09. The van der Waals surface area contributed by atoms with E-state index in [0.29, 0.717) is 5.75 Å². The molecular formula is C15H12O7. The highest BCUT2D eigenvalue weighted by Gasteiger charge is 2.21. The fraction of sp³-hybridized carbons (Fsp3) is 0.133. The van der Waals surface area contributed by atoms with Crippen LogP contribution in [0.4, 0.5) is 0 Å². The lowest BCUT2D eigenvalue weighted by Gasteiger charge is -2.10. The summed E-state index contributed by atoms with van der Waals surface area (Å²) in [6.45, 7) is 0. The second kappa shape index (κ2) is 4.73. The van der Waals surface area contributed by atoms with Crippen molar-refractivity contribution in [3.05, 3.63) is 28.4 Å². The third-order valence-corrected chi connectivity index (χ3v) is 3.37. The van der Waals surface area contributed by atoms with E-state index in [1.807, 2.05) is 0 Å². The molecule has 7 nitrogen and oxygen atoms in total. The molecular weight excluding hydrogens is 292 g/mol. The predicted octanol–water partition coefficient (Wildman–Crippen LogP) is 2.08. The molecule has 0 atom stereocenters. The van der Waals surface area contributed by atoms with Gasteiger partial charge in [-0.3, -0.25) is 4.79 Å². The summed E-state index contributed by atoms with van der Waals surface area (Å²) in [7, 11) is 2.65. The molecule has 0 saturated heterocycles. The quantitative estimate of drug-likeness (QED) is 0.622. The van der Waals surface area contributed by atoms with Gasteiger partial charge in [-0.25, -0.2) is 0 Å². The highest BCUT2D eigenvalue weighted by molar-refractivity contribution is 5.98. The Bertz CT molecular complexity index is 956. The van der Waals surface area contributed by atoms with Gasteiger partial charge >= 0.3 is 0 Å². The van der Waals surface area contributed by atoms with Gasteiger partial charge in [-0.2, -0.15) is 0 Å². The number of ether oxygens (including phenoxy) is 2. The van der Waals surface area contributed by atoms with E-state index in [1.165, 1.54) is 26.4 Å². The van der Waals surface area contributed by atoms with Gasteiger partial charge in [-0.1, -0.05) is 0 Å². The minimum atomic E-state index is -0.646.